The maximum Gasteiger partial charge on any atom is 0.134 e. The summed E-state index contributed by atoms with van der Waals surface area (Å²) in [4.78, 5) is 2.56. The summed E-state index contributed by atoms with van der Waals surface area (Å²) in [5.74, 6) is 1.07. The molecule has 0 unspecified atom stereocenters. The van der Waals surface area contributed by atoms with Gasteiger partial charge in [0.15, 0.2) is 0 Å². The van der Waals surface area contributed by atoms with Crippen LogP contribution in [0.5, 0.6) is 5.75 Å². The standard InChI is InChI=1S/C16H22Br2N2O/c17-12-9-13(16(21)14(18)10-12)15(11-3-1-2-4-11)20-7-5-19-6-8-20/h9-11,15,19,21H,1-8H2/t15-/m1/s1. The van der Waals surface area contributed by atoms with Crippen LogP contribution in [0.4, 0.5) is 0 Å². The van der Waals surface area contributed by atoms with Crippen molar-refractivity contribution in [2.45, 2.75) is 31.7 Å². The van der Waals surface area contributed by atoms with Gasteiger partial charge in [0, 0.05) is 42.3 Å². The van der Waals surface area contributed by atoms with E-state index >= 15 is 0 Å². The van der Waals surface area contributed by atoms with E-state index in [1.807, 2.05) is 6.07 Å². The van der Waals surface area contributed by atoms with Gasteiger partial charge in [-0.2, -0.15) is 0 Å². The maximum atomic E-state index is 10.6. The fourth-order valence-corrected chi connectivity index (χ4v) is 5.05. The number of aromatic hydroxyl groups is 1. The monoisotopic (exact) mass is 416 g/mol. The lowest BCUT2D eigenvalue weighted by molar-refractivity contribution is 0.123. The van der Waals surface area contributed by atoms with Gasteiger partial charge >= 0.3 is 0 Å². The van der Waals surface area contributed by atoms with E-state index in [1.165, 1.54) is 25.7 Å². The first kappa shape index (κ1) is 15.8. The highest BCUT2D eigenvalue weighted by Gasteiger charge is 2.34. The summed E-state index contributed by atoms with van der Waals surface area (Å²) in [6.45, 7) is 4.20. The molecule has 3 nitrogen and oxygen atoms in total. The van der Waals surface area contributed by atoms with Crippen molar-refractivity contribution in [3.8, 4) is 5.75 Å². The van der Waals surface area contributed by atoms with E-state index < -0.39 is 0 Å². The molecule has 116 valence electrons. The number of phenolic OH excluding ortho intramolecular Hbond substituents is 1. The first-order valence-corrected chi connectivity index (χ1v) is 9.38. The third-order valence-corrected chi connectivity index (χ3v) is 5.83. The van der Waals surface area contributed by atoms with Gasteiger partial charge in [-0.3, -0.25) is 4.90 Å². The van der Waals surface area contributed by atoms with Crippen molar-refractivity contribution in [1.82, 2.24) is 10.2 Å². The van der Waals surface area contributed by atoms with Gasteiger partial charge in [-0.15, -0.1) is 0 Å². The minimum absolute atomic E-state index is 0.336. The Hall–Kier alpha value is -0.100. The molecule has 2 N–H and O–H groups in total. The average Bonchev–Trinajstić information content (AvgIpc) is 2.99. The highest BCUT2D eigenvalue weighted by atomic mass is 79.9. The molecular weight excluding hydrogens is 396 g/mol. The molecule has 1 saturated heterocycles. The predicted molar refractivity (Wildman–Crippen MR) is 92.6 cm³/mol. The summed E-state index contributed by atoms with van der Waals surface area (Å²) in [5, 5.41) is 14.0. The van der Waals surface area contributed by atoms with Gasteiger partial charge in [-0.1, -0.05) is 28.8 Å². The van der Waals surface area contributed by atoms with Crippen molar-refractivity contribution in [1.29, 1.82) is 0 Å². The molecule has 1 saturated carbocycles. The van der Waals surface area contributed by atoms with Crippen LogP contribution in [0.1, 0.15) is 37.3 Å². The van der Waals surface area contributed by atoms with E-state index in [2.05, 4.69) is 48.1 Å². The Bertz CT molecular complexity index is 497. The molecule has 1 atom stereocenters. The topological polar surface area (TPSA) is 35.5 Å². The smallest absolute Gasteiger partial charge is 0.134 e. The zero-order valence-corrected chi connectivity index (χ0v) is 15.3. The average molecular weight is 418 g/mol. The number of phenols is 1. The number of benzene rings is 1. The van der Waals surface area contributed by atoms with E-state index in [0.717, 1.165) is 40.7 Å². The number of rotatable bonds is 3. The summed E-state index contributed by atoms with van der Waals surface area (Å²) in [5.41, 5.74) is 1.07. The number of nitrogens with zero attached hydrogens (tertiary/aromatic N) is 1. The Balaban J connectivity index is 1.97. The van der Waals surface area contributed by atoms with E-state index in [1.54, 1.807) is 0 Å². The number of hydrogen-bond donors (Lipinski definition) is 2. The number of piperazine rings is 1. The number of nitrogens with one attached hydrogen (secondary N) is 1. The lowest BCUT2D eigenvalue weighted by atomic mass is 9.89. The van der Waals surface area contributed by atoms with Gasteiger partial charge in [0.25, 0.3) is 0 Å². The number of hydrogen-bond acceptors (Lipinski definition) is 3. The van der Waals surface area contributed by atoms with Gasteiger partial charge in [0.1, 0.15) is 5.75 Å². The SMILES string of the molecule is Oc1c(Br)cc(Br)cc1[C@@H](C1CCCC1)N1CCNCC1. The largest absolute Gasteiger partial charge is 0.506 e. The van der Waals surface area contributed by atoms with Crippen LogP contribution in [0.3, 0.4) is 0 Å². The molecular formula is C16H22Br2N2O. The quantitative estimate of drug-likeness (QED) is 0.778. The van der Waals surface area contributed by atoms with Crippen LogP contribution in [0.2, 0.25) is 0 Å². The molecule has 1 heterocycles. The van der Waals surface area contributed by atoms with Crippen molar-refractivity contribution in [3.05, 3.63) is 26.6 Å². The van der Waals surface area contributed by atoms with Crippen molar-refractivity contribution >= 4 is 31.9 Å². The van der Waals surface area contributed by atoms with Crippen LogP contribution in [0, 0.1) is 5.92 Å². The van der Waals surface area contributed by atoms with E-state index in [-0.39, 0.29) is 0 Å². The van der Waals surface area contributed by atoms with Crippen molar-refractivity contribution in [3.63, 3.8) is 0 Å². The lowest BCUT2D eigenvalue weighted by Gasteiger charge is -2.39. The van der Waals surface area contributed by atoms with E-state index in [0.29, 0.717) is 17.7 Å². The fraction of sp³-hybridized carbons (Fsp3) is 0.625. The third kappa shape index (κ3) is 3.46. The molecule has 0 spiro atoms. The lowest BCUT2D eigenvalue weighted by Crippen LogP contribution is -2.46. The molecule has 1 aliphatic carbocycles. The van der Waals surface area contributed by atoms with E-state index in [9.17, 15) is 5.11 Å². The summed E-state index contributed by atoms with van der Waals surface area (Å²) in [6, 6.07) is 4.36. The normalized spacial score (nSPS) is 22.6. The molecule has 2 aliphatic rings. The zero-order valence-electron chi connectivity index (χ0n) is 12.1. The van der Waals surface area contributed by atoms with Crippen LogP contribution in [0.15, 0.2) is 21.1 Å². The first-order valence-electron chi connectivity index (χ1n) is 7.79. The van der Waals surface area contributed by atoms with Gasteiger partial charge < -0.3 is 10.4 Å². The van der Waals surface area contributed by atoms with Gasteiger partial charge in [0.2, 0.25) is 0 Å². The first-order chi connectivity index (χ1) is 10.2. The molecule has 5 heteroatoms. The second-order valence-corrected chi connectivity index (χ2v) is 7.87. The second kappa shape index (κ2) is 6.99. The summed E-state index contributed by atoms with van der Waals surface area (Å²) in [6.07, 6.45) is 5.20. The maximum absolute atomic E-state index is 10.6. The Morgan fingerprint density at radius 3 is 2.48 bits per heavy atom. The van der Waals surface area contributed by atoms with Crippen molar-refractivity contribution < 1.29 is 5.11 Å². The van der Waals surface area contributed by atoms with Crippen LogP contribution in [-0.2, 0) is 0 Å². The summed E-state index contributed by atoms with van der Waals surface area (Å²) in [7, 11) is 0. The van der Waals surface area contributed by atoms with Crippen LogP contribution >= 0.6 is 31.9 Å². The molecule has 0 radical (unpaired) electrons. The molecule has 21 heavy (non-hydrogen) atoms. The number of halogens is 2. The predicted octanol–water partition coefficient (Wildman–Crippen LogP) is 4.05. The van der Waals surface area contributed by atoms with Gasteiger partial charge in [-0.25, -0.2) is 0 Å². The Kier molecular flexibility index (Phi) is 5.25. The molecule has 0 aromatic heterocycles. The fourth-order valence-electron chi connectivity index (χ4n) is 3.79. The molecule has 2 fully saturated rings. The Morgan fingerprint density at radius 1 is 1.14 bits per heavy atom. The van der Waals surface area contributed by atoms with Crippen molar-refractivity contribution in [2.24, 2.45) is 5.92 Å². The van der Waals surface area contributed by atoms with Gasteiger partial charge in [0.05, 0.1) is 4.47 Å². The van der Waals surface area contributed by atoms with Crippen LogP contribution < -0.4 is 5.32 Å². The Labute approximate surface area is 143 Å². The van der Waals surface area contributed by atoms with Crippen molar-refractivity contribution in [2.75, 3.05) is 26.2 Å². The minimum atomic E-state index is 0.336. The third-order valence-electron chi connectivity index (χ3n) is 4.77. The minimum Gasteiger partial charge on any atom is -0.506 e. The molecule has 1 aromatic rings. The van der Waals surface area contributed by atoms with E-state index in [4.69, 9.17) is 0 Å². The molecule has 0 amide bonds. The highest BCUT2D eigenvalue weighted by molar-refractivity contribution is 9.11. The highest BCUT2D eigenvalue weighted by Crippen LogP contribution is 2.45. The molecule has 0 bridgehead atoms. The second-order valence-electron chi connectivity index (χ2n) is 6.10. The molecule has 1 aliphatic heterocycles. The molecule has 1 aromatic carbocycles. The zero-order chi connectivity index (χ0) is 14.8. The van der Waals surface area contributed by atoms with Crippen LogP contribution in [0.25, 0.3) is 0 Å². The molecule has 3 rings (SSSR count). The Morgan fingerprint density at radius 2 is 1.81 bits per heavy atom. The summed E-state index contributed by atoms with van der Waals surface area (Å²) < 4.78 is 1.81. The van der Waals surface area contributed by atoms with Crippen LogP contribution in [-0.4, -0.2) is 36.2 Å². The summed E-state index contributed by atoms with van der Waals surface area (Å²) >= 11 is 7.06. The van der Waals surface area contributed by atoms with Gasteiger partial charge in [-0.05, 0) is 46.8 Å².